The number of carbonyl (C=O) groups is 1. The summed E-state index contributed by atoms with van der Waals surface area (Å²) < 4.78 is 5.20. The molecule has 1 aromatic carbocycles. The van der Waals surface area contributed by atoms with Crippen molar-refractivity contribution in [3.05, 3.63) is 42.4 Å². The number of benzene rings is 1. The molecule has 20 heavy (non-hydrogen) atoms. The van der Waals surface area contributed by atoms with Crippen LogP contribution in [0, 0.1) is 0 Å². The highest BCUT2D eigenvalue weighted by Gasteiger charge is 2.06. The summed E-state index contributed by atoms with van der Waals surface area (Å²) in [5.41, 5.74) is 1.55. The molecule has 106 valence electrons. The van der Waals surface area contributed by atoms with Gasteiger partial charge in [0.2, 0.25) is 0 Å². The van der Waals surface area contributed by atoms with Gasteiger partial charge in [-0.3, -0.25) is 4.79 Å². The number of nitrogens with zero attached hydrogens (tertiary/aromatic N) is 1. The number of hydrogen-bond acceptors (Lipinski definition) is 4. The van der Waals surface area contributed by atoms with Gasteiger partial charge in [0.25, 0.3) is 5.91 Å². The van der Waals surface area contributed by atoms with Crippen LogP contribution in [-0.2, 0) is 0 Å². The number of carbonyl (C=O) groups excluding carboxylic acids is 1. The Morgan fingerprint density at radius 3 is 2.65 bits per heavy atom. The number of rotatable bonds is 7. The zero-order chi connectivity index (χ0) is 14.2. The van der Waals surface area contributed by atoms with Crippen LogP contribution in [0.4, 0.5) is 0 Å². The number of hydrogen-bond donors (Lipinski definition) is 2. The fraction of sp³-hybridized carbons (Fsp3) is 0.333. The molecule has 0 bridgehead atoms. The van der Waals surface area contributed by atoms with Crippen molar-refractivity contribution in [2.75, 3.05) is 19.6 Å². The van der Waals surface area contributed by atoms with Crippen molar-refractivity contribution in [1.82, 2.24) is 15.6 Å². The second-order valence-corrected chi connectivity index (χ2v) is 4.45. The minimum atomic E-state index is -0.0626. The Morgan fingerprint density at radius 2 is 2.00 bits per heavy atom. The quantitative estimate of drug-likeness (QED) is 0.758. The summed E-state index contributed by atoms with van der Waals surface area (Å²) >= 11 is 0. The van der Waals surface area contributed by atoms with Crippen LogP contribution in [0.25, 0.3) is 11.3 Å². The summed E-state index contributed by atoms with van der Waals surface area (Å²) in [4.78, 5) is 15.8. The average molecular weight is 273 g/mol. The first kappa shape index (κ1) is 14.3. The molecule has 0 atom stereocenters. The van der Waals surface area contributed by atoms with Crippen LogP contribution in [0.2, 0.25) is 0 Å². The normalized spacial score (nSPS) is 10.4. The summed E-state index contributed by atoms with van der Waals surface area (Å²) in [5.74, 6) is 0.633. The van der Waals surface area contributed by atoms with Gasteiger partial charge in [0, 0.05) is 24.2 Å². The van der Waals surface area contributed by atoms with Crippen LogP contribution in [0.15, 0.2) is 41.3 Å². The molecule has 0 aliphatic carbocycles. The topological polar surface area (TPSA) is 67.2 Å². The molecule has 0 aliphatic heterocycles. The van der Waals surface area contributed by atoms with Crippen molar-refractivity contribution in [3.8, 4) is 11.3 Å². The lowest BCUT2D eigenvalue weighted by Crippen LogP contribution is -2.32. The highest BCUT2D eigenvalue weighted by atomic mass is 16.3. The largest absolute Gasteiger partial charge is 0.444 e. The SMILES string of the molecule is CCCNCCNC(=O)c1ccc(-c2cnco2)cc1. The summed E-state index contributed by atoms with van der Waals surface area (Å²) in [6.07, 6.45) is 4.13. The molecule has 2 N–H and O–H groups in total. The van der Waals surface area contributed by atoms with Gasteiger partial charge in [-0.25, -0.2) is 4.98 Å². The van der Waals surface area contributed by atoms with E-state index in [4.69, 9.17) is 4.42 Å². The molecule has 2 rings (SSSR count). The molecule has 0 spiro atoms. The highest BCUT2D eigenvalue weighted by Crippen LogP contribution is 2.18. The number of nitrogens with one attached hydrogen (secondary N) is 2. The van der Waals surface area contributed by atoms with Crippen LogP contribution >= 0.6 is 0 Å². The van der Waals surface area contributed by atoms with Crippen molar-refractivity contribution in [3.63, 3.8) is 0 Å². The maximum atomic E-state index is 11.9. The van der Waals surface area contributed by atoms with Gasteiger partial charge < -0.3 is 15.1 Å². The first-order valence-electron chi connectivity index (χ1n) is 6.79. The second kappa shape index (κ2) is 7.45. The monoisotopic (exact) mass is 273 g/mol. The van der Waals surface area contributed by atoms with E-state index in [2.05, 4.69) is 22.5 Å². The van der Waals surface area contributed by atoms with Crippen LogP contribution in [-0.4, -0.2) is 30.5 Å². The lowest BCUT2D eigenvalue weighted by molar-refractivity contribution is 0.0954. The second-order valence-electron chi connectivity index (χ2n) is 4.45. The van der Waals surface area contributed by atoms with Crippen LogP contribution in [0.1, 0.15) is 23.7 Å². The number of aromatic nitrogens is 1. The average Bonchev–Trinajstić information content (AvgIpc) is 3.01. The Kier molecular flexibility index (Phi) is 5.32. The molecule has 1 heterocycles. The lowest BCUT2D eigenvalue weighted by Gasteiger charge is -2.06. The van der Waals surface area contributed by atoms with Gasteiger partial charge in [-0.2, -0.15) is 0 Å². The molecule has 0 saturated carbocycles. The van der Waals surface area contributed by atoms with Gasteiger partial charge in [-0.05, 0) is 25.1 Å². The molecule has 0 saturated heterocycles. The van der Waals surface area contributed by atoms with Crippen molar-refractivity contribution in [1.29, 1.82) is 0 Å². The minimum absolute atomic E-state index is 0.0626. The molecule has 1 aromatic heterocycles. The maximum absolute atomic E-state index is 11.9. The summed E-state index contributed by atoms with van der Waals surface area (Å²) in [5, 5.41) is 6.11. The molecule has 0 radical (unpaired) electrons. The predicted octanol–water partition coefficient (Wildman–Crippen LogP) is 2.07. The maximum Gasteiger partial charge on any atom is 0.251 e. The van der Waals surface area contributed by atoms with Crippen LogP contribution in [0.5, 0.6) is 0 Å². The fourth-order valence-electron chi connectivity index (χ4n) is 1.81. The number of oxazole rings is 1. The van der Waals surface area contributed by atoms with Gasteiger partial charge in [0.05, 0.1) is 6.20 Å². The first-order chi connectivity index (χ1) is 9.81. The Balaban J connectivity index is 1.85. The zero-order valence-electron chi connectivity index (χ0n) is 11.6. The third kappa shape index (κ3) is 3.93. The Hall–Kier alpha value is -2.14. The van der Waals surface area contributed by atoms with E-state index >= 15 is 0 Å². The third-order valence-corrected chi connectivity index (χ3v) is 2.88. The lowest BCUT2D eigenvalue weighted by atomic mass is 10.1. The first-order valence-corrected chi connectivity index (χ1v) is 6.79. The fourth-order valence-corrected chi connectivity index (χ4v) is 1.81. The minimum Gasteiger partial charge on any atom is -0.444 e. The summed E-state index contributed by atoms with van der Waals surface area (Å²) in [7, 11) is 0. The summed E-state index contributed by atoms with van der Waals surface area (Å²) in [6.45, 7) is 4.50. The van der Waals surface area contributed by atoms with Crippen LogP contribution < -0.4 is 10.6 Å². The number of amides is 1. The Labute approximate surface area is 118 Å². The Bertz CT molecular complexity index is 521. The molecule has 0 unspecified atom stereocenters. The molecule has 5 nitrogen and oxygen atoms in total. The van der Waals surface area contributed by atoms with Crippen molar-refractivity contribution in [2.45, 2.75) is 13.3 Å². The van der Waals surface area contributed by atoms with Crippen molar-refractivity contribution in [2.24, 2.45) is 0 Å². The molecular weight excluding hydrogens is 254 g/mol. The van der Waals surface area contributed by atoms with E-state index in [9.17, 15) is 4.79 Å². The van der Waals surface area contributed by atoms with Gasteiger partial charge in [-0.15, -0.1) is 0 Å². The Morgan fingerprint density at radius 1 is 1.20 bits per heavy atom. The smallest absolute Gasteiger partial charge is 0.251 e. The third-order valence-electron chi connectivity index (χ3n) is 2.88. The van der Waals surface area contributed by atoms with E-state index in [1.165, 1.54) is 6.39 Å². The zero-order valence-corrected chi connectivity index (χ0v) is 11.6. The molecule has 5 heteroatoms. The highest BCUT2D eigenvalue weighted by molar-refractivity contribution is 5.94. The molecule has 2 aromatic rings. The van der Waals surface area contributed by atoms with Gasteiger partial charge in [0.1, 0.15) is 0 Å². The predicted molar refractivity (Wildman–Crippen MR) is 77.4 cm³/mol. The van der Waals surface area contributed by atoms with Gasteiger partial charge >= 0.3 is 0 Å². The van der Waals surface area contributed by atoms with E-state index in [1.54, 1.807) is 18.3 Å². The molecule has 1 amide bonds. The van der Waals surface area contributed by atoms with E-state index in [1.807, 2.05) is 12.1 Å². The standard InChI is InChI=1S/C15H19N3O2/c1-2-7-16-8-9-18-15(19)13-5-3-12(4-6-13)14-10-17-11-20-14/h3-6,10-11,16H,2,7-9H2,1H3,(H,18,19). The van der Waals surface area contributed by atoms with E-state index in [0.29, 0.717) is 17.9 Å². The molecule has 0 aliphatic rings. The van der Waals surface area contributed by atoms with Crippen molar-refractivity contribution < 1.29 is 9.21 Å². The van der Waals surface area contributed by atoms with Gasteiger partial charge in [-0.1, -0.05) is 19.1 Å². The van der Waals surface area contributed by atoms with Crippen LogP contribution in [0.3, 0.4) is 0 Å². The van der Waals surface area contributed by atoms with E-state index in [0.717, 1.165) is 25.1 Å². The molecule has 0 fully saturated rings. The molecular formula is C15H19N3O2. The van der Waals surface area contributed by atoms with Crippen molar-refractivity contribution >= 4 is 5.91 Å². The van der Waals surface area contributed by atoms with E-state index < -0.39 is 0 Å². The summed E-state index contributed by atoms with van der Waals surface area (Å²) in [6, 6.07) is 7.27. The van der Waals surface area contributed by atoms with E-state index in [-0.39, 0.29) is 5.91 Å². The van der Waals surface area contributed by atoms with Gasteiger partial charge in [0.15, 0.2) is 12.2 Å².